The summed E-state index contributed by atoms with van der Waals surface area (Å²) in [4.78, 5) is 55.2. The number of fused-ring (bicyclic) bond motifs is 1. The summed E-state index contributed by atoms with van der Waals surface area (Å²) in [6.45, 7) is 4.00. The van der Waals surface area contributed by atoms with Crippen LogP contribution in [0.4, 0.5) is 0 Å². The van der Waals surface area contributed by atoms with Gasteiger partial charge >= 0.3 is 5.69 Å². The molecule has 0 radical (unpaired) electrons. The van der Waals surface area contributed by atoms with Gasteiger partial charge in [-0.1, -0.05) is 12.1 Å². The molecule has 8 nitrogen and oxygen atoms in total. The van der Waals surface area contributed by atoms with E-state index in [9.17, 15) is 19.2 Å². The zero-order valence-corrected chi connectivity index (χ0v) is 17.0. The number of carbonyl (C=O) groups excluding carboxylic acids is 2. The molecule has 0 spiro atoms. The number of aromatic nitrogens is 2. The fourth-order valence-corrected chi connectivity index (χ4v) is 4.37. The summed E-state index contributed by atoms with van der Waals surface area (Å²) in [5.74, 6) is 0.786. The van der Waals surface area contributed by atoms with Crippen molar-refractivity contribution in [2.24, 2.45) is 0 Å². The van der Waals surface area contributed by atoms with Gasteiger partial charge in [-0.2, -0.15) is 0 Å². The summed E-state index contributed by atoms with van der Waals surface area (Å²) in [5, 5.41) is 0.401. The fraction of sp³-hybridized carbons (Fsp3) is 0.474. The molecule has 1 saturated heterocycles. The molecule has 3 rings (SSSR count). The predicted molar refractivity (Wildman–Crippen MR) is 109 cm³/mol. The Balaban J connectivity index is 1.78. The third kappa shape index (κ3) is 3.84. The Bertz CT molecular complexity index is 1010. The Kier molecular flexibility index (Phi) is 5.93. The number of nitrogens with zero attached hydrogens (tertiary/aromatic N) is 3. The van der Waals surface area contributed by atoms with Crippen LogP contribution in [0.2, 0.25) is 0 Å². The smallest absolute Gasteiger partial charge is 0.328 e. The zero-order valence-electron chi connectivity index (χ0n) is 16.2. The molecule has 2 aromatic rings. The molecule has 0 bridgehead atoms. The van der Waals surface area contributed by atoms with Crippen LogP contribution in [0.3, 0.4) is 0 Å². The Morgan fingerprint density at radius 3 is 2.71 bits per heavy atom. The molecule has 1 aromatic heterocycles. The van der Waals surface area contributed by atoms with Crippen LogP contribution in [-0.4, -0.2) is 61.9 Å². The first kappa shape index (κ1) is 20.2. The van der Waals surface area contributed by atoms with Gasteiger partial charge in [-0.25, -0.2) is 4.79 Å². The van der Waals surface area contributed by atoms with Crippen LogP contribution in [0.5, 0.6) is 0 Å². The first-order valence-corrected chi connectivity index (χ1v) is 10.3. The second-order valence-electron chi connectivity index (χ2n) is 7.10. The first-order chi connectivity index (χ1) is 13.3. The van der Waals surface area contributed by atoms with Gasteiger partial charge in [0.05, 0.1) is 16.8 Å². The number of para-hydroxylation sites is 1. The van der Waals surface area contributed by atoms with Gasteiger partial charge in [0, 0.05) is 31.8 Å². The molecule has 1 aliphatic heterocycles. The number of amides is 2. The molecule has 9 heteroatoms. The number of aryl methyl sites for hydroxylation is 1. The van der Waals surface area contributed by atoms with E-state index in [0.29, 0.717) is 22.5 Å². The van der Waals surface area contributed by atoms with Gasteiger partial charge in [-0.3, -0.25) is 23.9 Å². The highest BCUT2D eigenvalue weighted by molar-refractivity contribution is 7.99. The summed E-state index contributed by atoms with van der Waals surface area (Å²) in [5.41, 5.74) is -0.493. The minimum Gasteiger partial charge on any atom is -0.342 e. The number of aromatic amines is 1. The SMILES string of the molecule is CC(C)N(C)C(=O)[C@@H]1CSCN1C(=O)CCn1c(=O)[nH]c(=O)c2ccccc21. The maximum atomic E-state index is 12.8. The van der Waals surface area contributed by atoms with E-state index in [-0.39, 0.29) is 30.8 Å². The van der Waals surface area contributed by atoms with Crippen LogP contribution < -0.4 is 11.2 Å². The van der Waals surface area contributed by atoms with Crippen molar-refractivity contribution in [2.45, 2.75) is 38.9 Å². The van der Waals surface area contributed by atoms with E-state index >= 15 is 0 Å². The lowest BCUT2D eigenvalue weighted by Crippen LogP contribution is -2.49. The van der Waals surface area contributed by atoms with E-state index in [1.807, 2.05) is 13.8 Å². The van der Waals surface area contributed by atoms with E-state index in [0.717, 1.165) is 0 Å². The number of nitrogens with one attached hydrogen (secondary N) is 1. The van der Waals surface area contributed by atoms with E-state index in [1.165, 1.54) is 4.57 Å². The number of thioether (sulfide) groups is 1. The Labute approximate surface area is 166 Å². The van der Waals surface area contributed by atoms with E-state index in [1.54, 1.807) is 52.9 Å². The van der Waals surface area contributed by atoms with Gasteiger partial charge in [0.1, 0.15) is 6.04 Å². The minimum absolute atomic E-state index is 0.0566. The molecule has 1 atom stereocenters. The lowest BCUT2D eigenvalue weighted by molar-refractivity contribution is -0.143. The molecule has 1 N–H and O–H groups in total. The predicted octanol–water partition coefficient (Wildman–Crippen LogP) is 0.848. The highest BCUT2D eigenvalue weighted by Crippen LogP contribution is 2.24. The monoisotopic (exact) mass is 404 g/mol. The summed E-state index contributed by atoms with van der Waals surface area (Å²) in [7, 11) is 1.74. The van der Waals surface area contributed by atoms with Crippen LogP contribution in [0.25, 0.3) is 10.9 Å². The standard InChI is InChI=1S/C19H24N4O4S/c1-12(2)21(3)18(26)15-10-28-11-23(15)16(24)8-9-22-14-7-5-4-6-13(14)17(25)20-19(22)27/h4-7,12,15H,8-11H2,1-3H3,(H,20,25,27)/t15-/m0/s1. The second-order valence-corrected chi connectivity index (χ2v) is 8.10. The summed E-state index contributed by atoms with van der Waals surface area (Å²) in [6, 6.07) is 6.37. The molecular weight excluding hydrogens is 380 g/mol. The summed E-state index contributed by atoms with van der Waals surface area (Å²) < 4.78 is 1.40. The van der Waals surface area contributed by atoms with Crippen LogP contribution >= 0.6 is 11.8 Å². The van der Waals surface area contributed by atoms with Crippen LogP contribution in [-0.2, 0) is 16.1 Å². The van der Waals surface area contributed by atoms with Crippen LogP contribution in [0, 0.1) is 0 Å². The van der Waals surface area contributed by atoms with Gasteiger partial charge in [0.2, 0.25) is 11.8 Å². The summed E-state index contributed by atoms with van der Waals surface area (Å²) in [6.07, 6.45) is 0.0751. The Morgan fingerprint density at radius 1 is 1.29 bits per heavy atom. The number of hydrogen-bond acceptors (Lipinski definition) is 5. The minimum atomic E-state index is -0.542. The van der Waals surface area contributed by atoms with Gasteiger partial charge < -0.3 is 9.80 Å². The number of hydrogen-bond donors (Lipinski definition) is 1. The molecule has 1 aromatic carbocycles. The lowest BCUT2D eigenvalue weighted by atomic mass is 10.2. The number of carbonyl (C=O) groups is 2. The Hall–Kier alpha value is -2.55. The molecule has 28 heavy (non-hydrogen) atoms. The molecule has 0 aliphatic carbocycles. The highest BCUT2D eigenvalue weighted by Gasteiger charge is 2.36. The van der Waals surface area contributed by atoms with Gasteiger partial charge in [-0.05, 0) is 26.0 Å². The molecule has 2 amide bonds. The molecule has 0 saturated carbocycles. The second kappa shape index (κ2) is 8.22. The van der Waals surface area contributed by atoms with Crippen LogP contribution in [0.15, 0.2) is 33.9 Å². The fourth-order valence-electron chi connectivity index (χ4n) is 3.20. The topological polar surface area (TPSA) is 95.5 Å². The lowest BCUT2D eigenvalue weighted by Gasteiger charge is -2.29. The van der Waals surface area contributed by atoms with Crippen molar-refractivity contribution in [3.05, 3.63) is 45.1 Å². The van der Waals surface area contributed by atoms with Crippen LogP contribution in [0.1, 0.15) is 20.3 Å². The number of H-pyrrole nitrogens is 1. The molecular formula is C19H24N4O4S. The van der Waals surface area contributed by atoms with Crippen molar-refractivity contribution >= 4 is 34.5 Å². The number of benzene rings is 1. The van der Waals surface area contributed by atoms with E-state index < -0.39 is 17.3 Å². The van der Waals surface area contributed by atoms with Crippen molar-refractivity contribution in [1.29, 1.82) is 0 Å². The molecule has 1 fully saturated rings. The normalized spacial score (nSPS) is 16.7. The quantitative estimate of drug-likeness (QED) is 0.797. The number of rotatable bonds is 5. The van der Waals surface area contributed by atoms with Crippen molar-refractivity contribution in [2.75, 3.05) is 18.7 Å². The third-order valence-corrected chi connectivity index (χ3v) is 6.08. The average Bonchev–Trinajstić information content (AvgIpc) is 3.16. The van der Waals surface area contributed by atoms with E-state index in [2.05, 4.69) is 4.98 Å². The number of likely N-dealkylation sites (N-methyl/N-ethyl adjacent to an activating group) is 1. The zero-order chi connectivity index (χ0) is 20.4. The third-order valence-electron chi connectivity index (χ3n) is 5.06. The van der Waals surface area contributed by atoms with Gasteiger partial charge in [0.25, 0.3) is 5.56 Å². The molecule has 0 unspecified atom stereocenters. The van der Waals surface area contributed by atoms with E-state index in [4.69, 9.17) is 0 Å². The molecule has 1 aliphatic rings. The maximum Gasteiger partial charge on any atom is 0.328 e. The average molecular weight is 404 g/mol. The van der Waals surface area contributed by atoms with Crippen molar-refractivity contribution in [3.8, 4) is 0 Å². The molecule has 150 valence electrons. The Morgan fingerprint density at radius 2 is 2.00 bits per heavy atom. The van der Waals surface area contributed by atoms with Gasteiger partial charge in [-0.15, -0.1) is 11.8 Å². The van der Waals surface area contributed by atoms with Gasteiger partial charge in [0.15, 0.2) is 0 Å². The molecule has 2 heterocycles. The first-order valence-electron chi connectivity index (χ1n) is 9.17. The maximum absolute atomic E-state index is 12.8. The largest absolute Gasteiger partial charge is 0.342 e. The van der Waals surface area contributed by atoms with Crippen molar-refractivity contribution in [1.82, 2.24) is 19.4 Å². The highest BCUT2D eigenvalue weighted by atomic mass is 32.2. The van der Waals surface area contributed by atoms with Crippen molar-refractivity contribution < 1.29 is 9.59 Å². The summed E-state index contributed by atoms with van der Waals surface area (Å²) >= 11 is 1.55. The van der Waals surface area contributed by atoms with Crippen molar-refractivity contribution in [3.63, 3.8) is 0 Å².